The van der Waals surface area contributed by atoms with Crippen LogP contribution in [0.3, 0.4) is 0 Å². The van der Waals surface area contributed by atoms with E-state index >= 15 is 0 Å². The maximum atomic E-state index is 11.7. The van der Waals surface area contributed by atoms with Gasteiger partial charge in [-0.05, 0) is 39.2 Å². The number of hydrogen-bond acceptors (Lipinski definition) is 5. The minimum absolute atomic E-state index is 0.0780. The SMILES string of the molecule is CCOC(=O)CS(=O)(=O)CCC1CCCC1NC. The normalized spacial score (nSPS) is 24.1. The number of esters is 1. The Hall–Kier alpha value is -0.620. The van der Waals surface area contributed by atoms with Gasteiger partial charge in [-0.2, -0.15) is 0 Å². The molecular weight excluding hydrogens is 254 g/mol. The Morgan fingerprint density at radius 3 is 2.72 bits per heavy atom. The molecule has 1 rings (SSSR count). The van der Waals surface area contributed by atoms with Gasteiger partial charge in [0, 0.05) is 6.04 Å². The number of carbonyl (C=O) groups is 1. The third kappa shape index (κ3) is 4.94. The van der Waals surface area contributed by atoms with Crippen molar-refractivity contribution in [3.8, 4) is 0 Å². The average molecular weight is 277 g/mol. The minimum Gasteiger partial charge on any atom is -0.465 e. The quantitative estimate of drug-likeness (QED) is 0.695. The lowest BCUT2D eigenvalue weighted by atomic mass is 10.0. The van der Waals surface area contributed by atoms with E-state index < -0.39 is 21.6 Å². The first kappa shape index (κ1) is 15.4. The summed E-state index contributed by atoms with van der Waals surface area (Å²) in [5.74, 6) is -0.645. The van der Waals surface area contributed by atoms with Gasteiger partial charge in [0.1, 0.15) is 5.75 Å². The standard InChI is InChI=1S/C12H23NO4S/c1-3-17-12(14)9-18(15,16)8-7-10-5-4-6-11(10)13-2/h10-11,13H,3-9H2,1-2H3. The van der Waals surface area contributed by atoms with Crippen LogP contribution in [-0.4, -0.2) is 45.6 Å². The molecule has 6 heteroatoms. The van der Waals surface area contributed by atoms with E-state index in [-0.39, 0.29) is 12.4 Å². The van der Waals surface area contributed by atoms with E-state index in [1.165, 1.54) is 0 Å². The summed E-state index contributed by atoms with van der Waals surface area (Å²) in [5, 5.41) is 3.22. The molecule has 0 radical (unpaired) electrons. The van der Waals surface area contributed by atoms with Gasteiger partial charge in [0.25, 0.3) is 0 Å². The van der Waals surface area contributed by atoms with Crippen LogP contribution in [0.5, 0.6) is 0 Å². The Kier molecular flexibility index (Phi) is 6.08. The van der Waals surface area contributed by atoms with Gasteiger partial charge in [-0.25, -0.2) is 8.42 Å². The zero-order valence-corrected chi connectivity index (χ0v) is 12.0. The Morgan fingerprint density at radius 1 is 1.39 bits per heavy atom. The molecule has 0 aromatic rings. The van der Waals surface area contributed by atoms with Crippen LogP contribution in [0.1, 0.15) is 32.6 Å². The Morgan fingerprint density at radius 2 is 2.11 bits per heavy atom. The first-order valence-corrected chi connectivity index (χ1v) is 8.34. The van der Waals surface area contributed by atoms with Crippen molar-refractivity contribution in [3.63, 3.8) is 0 Å². The number of sulfone groups is 1. The fraction of sp³-hybridized carbons (Fsp3) is 0.917. The van der Waals surface area contributed by atoms with Crippen molar-refractivity contribution in [2.75, 3.05) is 25.2 Å². The van der Waals surface area contributed by atoms with E-state index in [0.29, 0.717) is 18.4 Å². The van der Waals surface area contributed by atoms with E-state index in [4.69, 9.17) is 0 Å². The first-order chi connectivity index (χ1) is 8.48. The van der Waals surface area contributed by atoms with E-state index in [1.54, 1.807) is 6.92 Å². The van der Waals surface area contributed by atoms with Crippen molar-refractivity contribution in [3.05, 3.63) is 0 Å². The fourth-order valence-corrected chi connectivity index (χ4v) is 3.80. The maximum absolute atomic E-state index is 11.7. The highest BCUT2D eigenvalue weighted by atomic mass is 32.2. The molecule has 0 heterocycles. The van der Waals surface area contributed by atoms with Crippen LogP contribution in [-0.2, 0) is 19.4 Å². The van der Waals surface area contributed by atoms with Gasteiger partial charge in [-0.3, -0.25) is 4.79 Å². The van der Waals surface area contributed by atoms with Crippen molar-refractivity contribution >= 4 is 15.8 Å². The minimum atomic E-state index is -3.32. The molecule has 2 unspecified atom stereocenters. The number of ether oxygens (including phenoxy) is 1. The van der Waals surface area contributed by atoms with Gasteiger partial charge in [0.05, 0.1) is 12.4 Å². The van der Waals surface area contributed by atoms with Crippen LogP contribution in [0.2, 0.25) is 0 Å². The lowest BCUT2D eigenvalue weighted by Gasteiger charge is -2.18. The van der Waals surface area contributed by atoms with E-state index in [9.17, 15) is 13.2 Å². The number of carbonyl (C=O) groups excluding carboxylic acids is 1. The van der Waals surface area contributed by atoms with Crippen LogP contribution < -0.4 is 5.32 Å². The highest BCUT2D eigenvalue weighted by molar-refractivity contribution is 7.92. The molecular formula is C12H23NO4S. The number of nitrogens with one attached hydrogen (secondary N) is 1. The molecule has 1 N–H and O–H groups in total. The Labute approximate surface area is 109 Å². The second kappa shape index (κ2) is 7.09. The average Bonchev–Trinajstić information content (AvgIpc) is 2.73. The fourth-order valence-electron chi connectivity index (χ4n) is 2.55. The molecule has 1 aliphatic carbocycles. The lowest BCUT2D eigenvalue weighted by molar-refractivity contribution is -0.139. The Balaban J connectivity index is 2.39. The zero-order chi connectivity index (χ0) is 13.6. The van der Waals surface area contributed by atoms with Crippen molar-refractivity contribution in [2.24, 2.45) is 5.92 Å². The molecule has 0 aliphatic heterocycles. The van der Waals surface area contributed by atoms with Gasteiger partial charge in [0.15, 0.2) is 9.84 Å². The summed E-state index contributed by atoms with van der Waals surface area (Å²) < 4.78 is 28.2. The molecule has 1 fully saturated rings. The molecule has 0 amide bonds. The van der Waals surface area contributed by atoms with E-state index in [0.717, 1.165) is 19.3 Å². The molecule has 106 valence electrons. The second-order valence-electron chi connectivity index (χ2n) is 4.77. The molecule has 18 heavy (non-hydrogen) atoms. The van der Waals surface area contributed by atoms with Crippen LogP contribution in [0.25, 0.3) is 0 Å². The van der Waals surface area contributed by atoms with Crippen molar-refractivity contribution in [2.45, 2.75) is 38.6 Å². The number of rotatable bonds is 7. The van der Waals surface area contributed by atoms with Gasteiger partial charge >= 0.3 is 5.97 Å². The molecule has 0 bridgehead atoms. The lowest BCUT2D eigenvalue weighted by Crippen LogP contribution is -2.31. The van der Waals surface area contributed by atoms with Crippen LogP contribution in [0.4, 0.5) is 0 Å². The molecule has 5 nitrogen and oxygen atoms in total. The van der Waals surface area contributed by atoms with Gasteiger partial charge in [-0.15, -0.1) is 0 Å². The third-order valence-electron chi connectivity index (χ3n) is 3.47. The predicted octanol–water partition coefficient (Wildman–Crippen LogP) is 0.742. The summed E-state index contributed by atoms with van der Waals surface area (Å²) in [6, 6.07) is 0.419. The van der Waals surface area contributed by atoms with Crippen molar-refractivity contribution in [1.29, 1.82) is 0 Å². The van der Waals surface area contributed by atoms with Gasteiger partial charge < -0.3 is 10.1 Å². The van der Waals surface area contributed by atoms with Crippen LogP contribution in [0, 0.1) is 5.92 Å². The molecule has 0 aromatic carbocycles. The maximum Gasteiger partial charge on any atom is 0.321 e. The summed E-state index contributed by atoms with van der Waals surface area (Å²) in [7, 11) is -1.41. The molecule has 0 saturated heterocycles. The highest BCUT2D eigenvalue weighted by Crippen LogP contribution is 2.28. The zero-order valence-electron chi connectivity index (χ0n) is 11.1. The number of hydrogen-bond donors (Lipinski definition) is 1. The largest absolute Gasteiger partial charge is 0.465 e. The highest BCUT2D eigenvalue weighted by Gasteiger charge is 2.28. The smallest absolute Gasteiger partial charge is 0.321 e. The summed E-state index contributed by atoms with van der Waals surface area (Å²) >= 11 is 0. The van der Waals surface area contributed by atoms with Crippen LogP contribution >= 0.6 is 0 Å². The van der Waals surface area contributed by atoms with Gasteiger partial charge in [-0.1, -0.05) is 6.42 Å². The summed E-state index contributed by atoms with van der Waals surface area (Å²) in [6.07, 6.45) is 3.96. The first-order valence-electron chi connectivity index (χ1n) is 6.52. The molecule has 2 atom stereocenters. The summed E-state index contributed by atoms with van der Waals surface area (Å²) in [4.78, 5) is 11.2. The topological polar surface area (TPSA) is 72.5 Å². The summed E-state index contributed by atoms with van der Waals surface area (Å²) in [6.45, 7) is 1.89. The second-order valence-corrected chi connectivity index (χ2v) is 6.96. The molecule has 1 saturated carbocycles. The summed E-state index contributed by atoms with van der Waals surface area (Å²) in [5.41, 5.74) is 0. The third-order valence-corrected chi connectivity index (χ3v) is 5.01. The molecule has 1 aliphatic rings. The monoisotopic (exact) mass is 277 g/mol. The predicted molar refractivity (Wildman–Crippen MR) is 70.1 cm³/mol. The van der Waals surface area contributed by atoms with Gasteiger partial charge in [0.2, 0.25) is 0 Å². The van der Waals surface area contributed by atoms with Crippen LogP contribution in [0.15, 0.2) is 0 Å². The molecule has 0 spiro atoms. The van der Waals surface area contributed by atoms with E-state index in [2.05, 4.69) is 10.1 Å². The molecule has 0 aromatic heterocycles. The van der Waals surface area contributed by atoms with E-state index in [1.807, 2.05) is 7.05 Å². The van der Waals surface area contributed by atoms with Crippen molar-refractivity contribution in [1.82, 2.24) is 5.32 Å². The van der Waals surface area contributed by atoms with Crippen molar-refractivity contribution < 1.29 is 17.9 Å². The Bertz CT molecular complexity index is 366.